The molecule has 7 heteroatoms. The van der Waals surface area contributed by atoms with Gasteiger partial charge in [0.1, 0.15) is 0 Å². The molecule has 1 aliphatic rings. The number of nitrogens with zero attached hydrogens (tertiary/aromatic N) is 6. The van der Waals surface area contributed by atoms with E-state index in [4.69, 9.17) is 0 Å². The Morgan fingerprint density at radius 1 is 1.07 bits per heavy atom. The molecule has 7 nitrogen and oxygen atoms in total. The van der Waals surface area contributed by atoms with Gasteiger partial charge in [-0.3, -0.25) is 24.3 Å². The Balaban J connectivity index is 1.43. The van der Waals surface area contributed by atoms with E-state index in [1.807, 2.05) is 48.6 Å². The molecule has 1 fully saturated rings. The van der Waals surface area contributed by atoms with E-state index >= 15 is 0 Å². The Labute approximate surface area is 158 Å². The van der Waals surface area contributed by atoms with Crippen LogP contribution >= 0.6 is 0 Å². The first-order valence-corrected chi connectivity index (χ1v) is 9.01. The molecule has 138 valence electrons. The average molecular weight is 362 g/mol. The molecule has 4 rings (SSSR count). The van der Waals surface area contributed by atoms with Crippen LogP contribution in [0.15, 0.2) is 55.2 Å². The number of carbonyl (C=O) groups excluding carboxylic acids is 1. The Hall–Kier alpha value is -3.06. The molecule has 0 atom stereocenters. The molecule has 1 amide bonds. The van der Waals surface area contributed by atoms with E-state index in [0.717, 1.165) is 35.5 Å². The molecule has 0 radical (unpaired) electrons. The number of hydrogen-bond acceptors (Lipinski definition) is 5. The molecule has 1 aliphatic heterocycles. The quantitative estimate of drug-likeness (QED) is 0.691. The molecule has 3 aromatic heterocycles. The Bertz CT molecular complexity index is 923. The maximum absolute atomic E-state index is 12.7. The summed E-state index contributed by atoms with van der Waals surface area (Å²) < 4.78 is 1.79. The van der Waals surface area contributed by atoms with Gasteiger partial charge >= 0.3 is 0 Å². The molecule has 0 aromatic carbocycles. The third-order valence-electron chi connectivity index (χ3n) is 4.77. The zero-order chi connectivity index (χ0) is 18.6. The van der Waals surface area contributed by atoms with Crippen LogP contribution in [0.5, 0.6) is 0 Å². The standard InChI is InChI=1S/C20H22N6O/c1-24-12-16(11-23-24)13-25-9-10-26(19(27)15-25)14-18-3-2-6-22-20(18)17-4-7-21-8-5-17/h2-8,11-12H,9-10,13-15H2,1H3. The van der Waals surface area contributed by atoms with Gasteiger partial charge in [-0.1, -0.05) is 6.07 Å². The summed E-state index contributed by atoms with van der Waals surface area (Å²) in [5.41, 5.74) is 4.11. The molecule has 1 saturated heterocycles. The zero-order valence-corrected chi connectivity index (χ0v) is 15.3. The number of rotatable bonds is 5. The highest BCUT2D eigenvalue weighted by molar-refractivity contribution is 5.79. The number of carbonyl (C=O) groups is 1. The summed E-state index contributed by atoms with van der Waals surface area (Å²) in [6.45, 7) is 3.32. The molecule has 0 bridgehead atoms. The first kappa shape index (κ1) is 17.4. The van der Waals surface area contributed by atoms with Crippen LogP contribution < -0.4 is 0 Å². The van der Waals surface area contributed by atoms with Gasteiger partial charge in [0, 0.05) is 69.1 Å². The van der Waals surface area contributed by atoms with Crippen LogP contribution in [0.3, 0.4) is 0 Å². The number of piperazine rings is 1. The average Bonchev–Trinajstić information content (AvgIpc) is 3.10. The molecular weight excluding hydrogens is 340 g/mol. The highest BCUT2D eigenvalue weighted by atomic mass is 16.2. The molecule has 3 aromatic rings. The minimum absolute atomic E-state index is 0.148. The van der Waals surface area contributed by atoms with Gasteiger partial charge in [-0.15, -0.1) is 0 Å². The van der Waals surface area contributed by atoms with Crippen molar-refractivity contribution in [2.24, 2.45) is 7.05 Å². The van der Waals surface area contributed by atoms with Gasteiger partial charge in [0.05, 0.1) is 18.4 Å². The Kier molecular flexibility index (Phi) is 4.93. The SMILES string of the molecule is Cn1cc(CN2CCN(Cc3cccnc3-c3ccncc3)C(=O)C2)cn1. The second-order valence-corrected chi connectivity index (χ2v) is 6.80. The van der Waals surface area contributed by atoms with Crippen LogP contribution in [-0.4, -0.2) is 55.1 Å². The van der Waals surface area contributed by atoms with Gasteiger partial charge in [-0.05, 0) is 23.8 Å². The maximum atomic E-state index is 12.7. The number of aryl methyl sites for hydroxylation is 1. The van der Waals surface area contributed by atoms with Crippen LogP contribution in [0.4, 0.5) is 0 Å². The maximum Gasteiger partial charge on any atom is 0.237 e. The van der Waals surface area contributed by atoms with Gasteiger partial charge in [0.2, 0.25) is 5.91 Å². The zero-order valence-electron chi connectivity index (χ0n) is 15.3. The van der Waals surface area contributed by atoms with Crippen molar-refractivity contribution in [2.75, 3.05) is 19.6 Å². The third-order valence-corrected chi connectivity index (χ3v) is 4.77. The van der Waals surface area contributed by atoms with Gasteiger partial charge in [0.25, 0.3) is 0 Å². The van der Waals surface area contributed by atoms with E-state index in [1.165, 1.54) is 0 Å². The predicted molar refractivity (Wildman–Crippen MR) is 101 cm³/mol. The van der Waals surface area contributed by atoms with E-state index in [-0.39, 0.29) is 5.91 Å². The van der Waals surface area contributed by atoms with Crippen molar-refractivity contribution in [1.29, 1.82) is 0 Å². The molecule has 0 unspecified atom stereocenters. The summed E-state index contributed by atoms with van der Waals surface area (Å²) in [7, 11) is 1.90. The summed E-state index contributed by atoms with van der Waals surface area (Å²) >= 11 is 0. The van der Waals surface area contributed by atoms with E-state index < -0.39 is 0 Å². The molecule has 0 aliphatic carbocycles. The molecule has 4 heterocycles. The highest BCUT2D eigenvalue weighted by Crippen LogP contribution is 2.22. The lowest BCUT2D eigenvalue weighted by Gasteiger charge is -2.34. The molecule has 0 saturated carbocycles. The van der Waals surface area contributed by atoms with Crippen LogP contribution in [0, 0.1) is 0 Å². The van der Waals surface area contributed by atoms with E-state index in [2.05, 4.69) is 20.0 Å². The summed E-state index contributed by atoms with van der Waals surface area (Å²) in [6.07, 6.45) is 9.15. The summed E-state index contributed by atoms with van der Waals surface area (Å²) in [5, 5.41) is 4.19. The van der Waals surface area contributed by atoms with Crippen molar-refractivity contribution in [1.82, 2.24) is 29.5 Å². The Morgan fingerprint density at radius 2 is 1.93 bits per heavy atom. The molecule has 27 heavy (non-hydrogen) atoms. The summed E-state index contributed by atoms with van der Waals surface area (Å²) in [6, 6.07) is 7.85. The smallest absolute Gasteiger partial charge is 0.237 e. The summed E-state index contributed by atoms with van der Waals surface area (Å²) in [5.74, 6) is 0.148. The fourth-order valence-electron chi connectivity index (χ4n) is 3.41. The molecular formula is C20H22N6O. The lowest BCUT2D eigenvalue weighted by atomic mass is 10.1. The van der Waals surface area contributed by atoms with E-state index in [0.29, 0.717) is 19.6 Å². The van der Waals surface area contributed by atoms with Gasteiger partial charge in [-0.25, -0.2) is 0 Å². The highest BCUT2D eigenvalue weighted by Gasteiger charge is 2.25. The fourth-order valence-corrected chi connectivity index (χ4v) is 3.41. The number of pyridine rings is 2. The van der Waals surface area contributed by atoms with E-state index in [9.17, 15) is 4.79 Å². The van der Waals surface area contributed by atoms with Crippen molar-refractivity contribution < 1.29 is 4.79 Å². The number of amides is 1. The Morgan fingerprint density at radius 3 is 2.67 bits per heavy atom. The topological polar surface area (TPSA) is 67.2 Å². The van der Waals surface area contributed by atoms with Gasteiger partial charge < -0.3 is 4.90 Å². The van der Waals surface area contributed by atoms with Crippen molar-refractivity contribution in [3.8, 4) is 11.3 Å². The number of hydrogen-bond donors (Lipinski definition) is 0. The second-order valence-electron chi connectivity index (χ2n) is 6.80. The van der Waals surface area contributed by atoms with Crippen LogP contribution in [0.2, 0.25) is 0 Å². The second kappa shape index (κ2) is 7.67. The first-order valence-electron chi connectivity index (χ1n) is 9.01. The largest absolute Gasteiger partial charge is 0.336 e. The van der Waals surface area contributed by atoms with Crippen LogP contribution in [-0.2, 0) is 24.9 Å². The fraction of sp³-hybridized carbons (Fsp3) is 0.300. The minimum atomic E-state index is 0.148. The lowest BCUT2D eigenvalue weighted by Crippen LogP contribution is -2.49. The van der Waals surface area contributed by atoms with Crippen LogP contribution in [0.1, 0.15) is 11.1 Å². The van der Waals surface area contributed by atoms with Crippen molar-refractivity contribution >= 4 is 5.91 Å². The third kappa shape index (κ3) is 4.03. The summed E-state index contributed by atoms with van der Waals surface area (Å²) in [4.78, 5) is 25.4. The van der Waals surface area contributed by atoms with Crippen LogP contribution in [0.25, 0.3) is 11.3 Å². The predicted octanol–water partition coefficient (Wildman–Crippen LogP) is 1.72. The monoisotopic (exact) mass is 362 g/mol. The normalized spacial score (nSPS) is 15.3. The van der Waals surface area contributed by atoms with Crippen molar-refractivity contribution in [3.63, 3.8) is 0 Å². The minimum Gasteiger partial charge on any atom is -0.336 e. The van der Waals surface area contributed by atoms with Crippen molar-refractivity contribution in [3.05, 3.63) is 66.4 Å². The number of aromatic nitrogens is 4. The molecule has 0 spiro atoms. The van der Waals surface area contributed by atoms with Crippen molar-refractivity contribution in [2.45, 2.75) is 13.1 Å². The van der Waals surface area contributed by atoms with Gasteiger partial charge in [-0.2, -0.15) is 5.10 Å². The first-order chi connectivity index (χ1) is 13.2. The lowest BCUT2D eigenvalue weighted by molar-refractivity contribution is -0.136. The van der Waals surface area contributed by atoms with E-state index in [1.54, 1.807) is 23.3 Å². The molecule has 0 N–H and O–H groups in total. The van der Waals surface area contributed by atoms with Gasteiger partial charge in [0.15, 0.2) is 0 Å².